The van der Waals surface area contributed by atoms with Gasteiger partial charge < -0.3 is 9.47 Å². The standard InChI is InChI=1S/C7H8N3O3/c1-12-7(11)5-3-2-4-6(13-5)9-10-8/h2-6H,1H3/t5-,6+/m0/s1. The van der Waals surface area contributed by atoms with Gasteiger partial charge in [0, 0.05) is 17.8 Å². The number of ether oxygens (including phenoxy) is 2. The molecule has 1 aliphatic heterocycles. The third-order valence-electron chi connectivity index (χ3n) is 1.45. The van der Waals surface area contributed by atoms with E-state index in [1.54, 1.807) is 12.8 Å². The van der Waals surface area contributed by atoms with E-state index in [9.17, 15) is 4.79 Å². The molecular weight excluding hydrogens is 174 g/mol. The lowest BCUT2D eigenvalue weighted by atomic mass is 10.1. The van der Waals surface area contributed by atoms with E-state index in [-0.39, 0.29) is 0 Å². The van der Waals surface area contributed by atoms with Crippen molar-refractivity contribution < 1.29 is 14.3 Å². The molecule has 0 aliphatic carbocycles. The second-order valence-electron chi connectivity index (χ2n) is 2.25. The predicted molar refractivity (Wildman–Crippen MR) is 42.7 cm³/mol. The number of nitrogens with zero attached hydrogens (tertiary/aromatic N) is 3. The Morgan fingerprint density at radius 2 is 2.46 bits per heavy atom. The molecule has 1 rings (SSSR count). The monoisotopic (exact) mass is 182 g/mol. The Morgan fingerprint density at radius 3 is 3.08 bits per heavy atom. The summed E-state index contributed by atoms with van der Waals surface area (Å²) in [6, 6.07) is 0. The molecule has 3 radical (unpaired) electrons. The van der Waals surface area contributed by atoms with Gasteiger partial charge in [0.2, 0.25) is 0 Å². The quantitative estimate of drug-likeness (QED) is 0.274. The molecule has 1 aliphatic rings. The fraction of sp³-hybridized carbons (Fsp3) is 0.429. The molecule has 0 N–H and O–H groups in total. The van der Waals surface area contributed by atoms with Gasteiger partial charge in [-0.2, -0.15) is 0 Å². The summed E-state index contributed by atoms with van der Waals surface area (Å²) in [6.45, 7) is 0. The minimum atomic E-state index is -0.787. The number of carbonyl (C=O) groups excluding carboxylic acids is 1. The first kappa shape index (κ1) is 9.83. The van der Waals surface area contributed by atoms with Crippen LogP contribution in [0, 0.1) is 19.3 Å². The molecule has 13 heavy (non-hydrogen) atoms. The maximum atomic E-state index is 11.0. The minimum Gasteiger partial charge on any atom is -0.467 e. The molecule has 0 aromatic rings. The SMILES string of the molecule is COC(=O)[C@@H]1[CH][CH][CH][C@H](N=[N+]=[N-])O1. The van der Waals surface area contributed by atoms with Crippen LogP contribution in [0.15, 0.2) is 5.11 Å². The zero-order chi connectivity index (χ0) is 9.68. The largest absolute Gasteiger partial charge is 0.467 e. The number of hydrogen-bond acceptors (Lipinski definition) is 4. The van der Waals surface area contributed by atoms with Gasteiger partial charge in [-0.15, -0.1) is 0 Å². The van der Waals surface area contributed by atoms with Gasteiger partial charge >= 0.3 is 5.97 Å². The Bertz CT molecular complexity index is 237. The fourth-order valence-corrected chi connectivity index (χ4v) is 0.868. The van der Waals surface area contributed by atoms with E-state index in [1.165, 1.54) is 13.5 Å². The van der Waals surface area contributed by atoms with Crippen LogP contribution >= 0.6 is 0 Å². The lowest BCUT2D eigenvalue weighted by Gasteiger charge is -2.24. The fourth-order valence-electron chi connectivity index (χ4n) is 0.868. The van der Waals surface area contributed by atoms with Crippen molar-refractivity contribution in [3.05, 3.63) is 29.7 Å². The Morgan fingerprint density at radius 1 is 1.69 bits per heavy atom. The van der Waals surface area contributed by atoms with Gasteiger partial charge in [-0.05, 0) is 12.0 Å². The van der Waals surface area contributed by atoms with Crippen molar-refractivity contribution in [2.24, 2.45) is 5.11 Å². The second-order valence-corrected chi connectivity index (χ2v) is 2.25. The van der Waals surface area contributed by atoms with Crippen molar-refractivity contribution in [3.8, 4) is 0 Å². The highest BCUT2D eigenvalue weighted by Crippen LogP contribution is 2.18. The Hall–Kier alpha value is -1.26. The van der Waals surface area contributed by atoms with Crippen molar-refractivity contribution in [2.45, 2.75) is 12.3 Å². The smallest absolute Gasteiger partial charge is 0.335 e. The summed E-state index contributed by atoms with van der Waals surface area (Å²) in [4.78, 5) is 13.5. The Balaban J connectivity index is 2.50. The molecule has 6 heteroatoms. The molecule has 1 fully saturated rings. The lowest BCUT2D eigenvalue weighted by Crippen LogP contribution is -2.34. The summed E-state index contributed by atoms with van der Waals surface area (Å²) in [7, 11) is 1.26. The number of carbonyl (C=O) groups is 1. The molecule has 0 spiro atoms. The molecule has 6 nitrogen and oxygen atoms in total. The van der Waals surface area contributed by atoms with Gasteiger partial charge in [0.15, 0.2) is 6.10 Å². The van der Waals surface area contributed by atoms with Crippen LogP contribution in [0.5, 0.6) is 0 Å². The van der Waals surface area contributed by atoms with Crippen LogP contribution in [0.2, 0.25) is 0 Å². The van der Waals surface area contributed by atoms with Gasteiger partial charge in [0.1, 0.15) is 6.23 Å². The molecule has 0 saturated carbocycles. The summed E-state index contributed by atoms with van der Waals surface area (Å²) in [6.07, 6.45) is 3.14. The van der Waals surface area contributed by atoms with Gasteiger partial charge in [0.05, 0.1) is 7.11 Å². The average Bonchev–Trinajstić information content (AvgIpc) is 2.18. The first-order chi connectivity index (χ1) is 6.27. The van der Waals surface area contributed by atoms with E-state index >= 15 is 0 Å². The first-order valence-electron chi connectivity index (χ1n) is 3.57. The molecule has 0 amide bonds. The molecule has 2 atom stereocenters. The van der Waals surface area contributed by atoms with Crippen LogP contribution in [-0.4, -0.2) is 25.4 Å². The van der Waals surface area contributed by atoms with E-state index in [1.807, 2.05) is 0 Å². The number of azide groups is 1. The molecule has 1 saturated heterocycles. The number of esters is 1. The maximum Gasteiger partial charge on any atom is 0.335 e. The van der Waals surface area contributed by atoms with E-state index in [2.05, 4.69) is 14.8 Å². The van der Waals surface area contributed by atoms with E-state index < -0.39 is 18.3 Å². The molecule has 0 aromatic carbocycles. The van der Waals surface area contributed by atoms with Gasteiger partial charge in [-0.1, -0.05) is 5.11 Å². The highest BCUT2D eigenvalue weighted by atomic mass is 16.6. The molecule has 1 heterocycles. The van der Waals surface area contributed by atoms with Crippen molar-refractivity contribution in [1.82, 2.24) is 0 Å². The maximum absolute atomic E-state index is 11.0. The number of hydrogen-bond donors (Lipinski definition) is 0. The van der Waals surface area contributed by atoms with E-state index in [0.717, 1.165) is 0 Å². The summed E-state index contributed by atoms with van der Waals surface area (Å²) >= 11 is 0. The van der Waals surface area contributed by atoms with Crippen LogP contribution in [0.25, 0.3) is 10.4 Å². The highest BCUT2D eigenvalue weighted by molar-refractivity contribution is 5.76. The molecular formula is C7H8N3O3. The van der Waals surface area contributed by atoms with Gasteiger partial charge in [-0.25, -0.2) is 4.79 Å². The van der Waals surface area contributed by atoms with E-state index in [4.69, 9.17) is 10.3 Å². The van der Waals surface area contributed by atoms with Crippen molar-refractivity contribution in [1.29, 1.82) is 0 Å². The minimum absolute atomic E-state index is 0.512. The van der Waals surface area contributed by atoms with Gasteiger partial charge in [-0.3, -0.25) is 0 Å². The third-order valence-corrected chi connectivity index (χ3v) is 1.45. The van der Waals surface area contributed by atoms with Crippen molar-refractivity contribution >= 4 is 5.97 Å². The first-order valence-corrected chi connectivity index (χ1v) is 3.57. The van der Waals surface area contributed by atoms with Crippen LogP contribution in [-0.2, 0) is 14.3 Å². The zero-order valence-electron chi connectivity index (χ0n) is 6.95. The number of methoxy groups -OCH3 is 1. The Kier molecular flexibility index (Phi) is 3.54. The van der Waals surface area contributed by atoms with Crippen LogP contribution in [0.1, 0.15) is 0 Å². The summed E-state index contributed by atoms with van der Waals surface area (Å²) in [5, 5.41) is 3.29. The molecule has 0 aromatic heterocycles. The molecule has 0 bridgehead atoms. The van der Waals surface area contributed by atoms with Crippen LogP contribution in [0.3, 0.4) is 0 Å². The van der Waals surface area contributed by atoms with Crippen molar-refractivity contribution in [3.63, 3.8) is 0 Å². The summed E-state index contributed by atoms with van der Waals surface area (Å²) in [5.74, 6) is -0.512. The molecule has 0 unspecified atom stereocenters. The van der Waals surface area contributed by atoms with Crippen LogP contribution in [0.4, 0.5) is 0 Å². The molecule has 69 valence electrons. The van der Waals surface area contributed by atoms with E-state index in [0.29, 0.717) is 0 Å². The summed E-state index contributed by atoms with van der Waals surface area (Å²) in [5.41, 5.74) is 8.12. The Labute approximate surface area is 75.4 Å². The van der Waals surface area contributed by atoms with Crippen LogP contribution < -0.4 is 0 Å². The predicted octanol–water partition coefficient (Wildman–Crippen LogP) is 0.807. The average molecular weight is 182 g/mol. The lowest BCUT2D eigenvalue weighted by molar-refractivity contribution is -0.154. The third kappa shape index (κ3) is 2.61. The second kappa shape index (κ2) is 4.69. The summed E-state index contributed by atoms with van der Waals surface area (Å²) < 4.78 is 9.49. The normalized spacial score (nSPS) is 27.5. The van der Waals surface area contributed by atoms with Gasteiger partial charge in [0.25, 0.3) is 0 Å². The topological polar surface area (TPSA) is 84.3 Å². The van der Waals surface area contributed by atoms with Crippen molar-refractivity contribution in [2.75, 3.05) is 7.11 Å². The zero-order valence-corrected chi connectivity index (χ0v) is 6.95. The highest BCUT2D eigenvalue weighted by Gasteiger charge is 2.28. The number of rotatable bonds is 2.